The molecular weight excluding hydrogens is 498 g/mol. The number of fused-ring (bicyclic) bond motifs is 1. The van der Waals surface area contributed by atoms with Gasteiger partial charge in [0.1, 0.15) is 5.75 Å². The summed E-state index contributed by atoms with van der Waals surface area (Å²) in [4.78, 5) is 25.0. The second-order valence-corrected chi connectivity index (χ2v) is 9.66. The van der Waals surface area contributed by atoms with E-state index in [1.807, 2.05) is 48.5 Å². The van der Waals surface area contributed by atoms with Gasteiger partial charge in [0.25, 0.3) is 0 Å². The smallest absolute Gasteiger partial charge is 0.315 e. The standard InChI is InChI=1S/C30H31N3O6/c1-3-13-39-21-11-9-18(10-12-21)19-14-24-28(26(34)16-19)29(32-23-8-6-5-7-22(23)31-24)20-15-25(33(36)37)30(35)27(17-20)38-4-2/h5-12,15,17,19,29,31-32,35H,3-4,13-14,16H2,1-2H3. The van der Waals surface area contributed by atoms with E-state index in [0.29, 0.717) is 30.6 Å². The van der Waals surface area contributed by atoms with Crippen LogP contribution in [0.4, 0.5) is 17.1 Å². The zero-order valence-electron chi connectivity index (χ0n) is 21.9. The van der Waals surface area contributed by atoms with Crippen LogP contribution in [0, 0.1) is 10.1 Å². The molecule has 5 rings (SSSR count). The quantitative estimate of drug-likeness (QED) is 0.224. The Labute approximate surface area is 226 Å². The summed E-state index contributed by atoms with van der Waals surface area (Å²) in [6.45, 7) is 4.65. The van der Waals surface area contributed by atoms with Crippen LogP contribution >= 0.6 is 0 Å². The van der Waals surface area contributed by atoms with Gasteiger partial charge in [0, 0.05) is 23.8 Å². The summed E-state index contributed by atoms with van der Waals surface area (Å²) < 4.78 is 11.2. The lowest BCUT2D eigenvalue weighted by Gasteiger charge is -2.30. The Kier molecular flexibility index (Phi) is 7.40. The molecule has 2 atom stereocenters. The van der Waals surface area contributed by atoms with E-state index in [0.717, 1.165) is 34.8 Å². The van der Waals surface area contributed by atoms with Crippen molar-refractivity contribution in [3.05, 3.63) is 93.2 Å². The lowest BCUT2D eigenvalue weighted by molar-refractivity contribution is -0.386. The van der Waals surface area contributed by atoms with Crippen LogP contribution in [0.1, 0.15) is 56.2 Å². The molecule has 39 heavy (non-hydrogen) atoms. The number of carbonyl (C=O) groups excluding carboxylic acids is 1. The van der Waals surface area contributed by atoms with Gasteiger partial charge in [-0.05, 0) is 67.1 Å². The fraction of sp³-hybridized carbons (Fsp3) is 0.300. The number of nitro benzene ring substituents is 1. The van der Waals surface area contributed by atoms with Gasteiger partial charge in [-0.3, -0.25) is 14.9 Å². The average Bonchev–Trinajstić information content (AvgIpc) is 3.10. The number of nitro groups is 1. The van der Waals surface area contributed by atoms with E-state index in [1.165, 1.54) is 6.07 Å². The van der Waals surface area contributed by atoms with Crippen LogP contribution in [-0.4, -0.2) is 29.0 Å². The number of phenolic OH excluding ortho intramolecular Hbond substituents is 1. The molecule has 202 valence electrons. The zero-order chi connectivity index (χ0) is 27.5. The average molecular weight is 530 g/mol. The highest BCUT2D eigenvalue weighted by Crippen LogP contribution is 2.47. The van der Waals surface area contributed by atoms with Gasteiger partial charge < -0.3 is 25.2 Å². The minimum atomic E-state index is -0.687. The van der Waals surface area contributed by atoms with Crippen LogP contribution in [0.15, 0.2) is 71.9 Å². The summed E-state index contributed by atoms with van der Waals surface area (Å²) in [5.74, 6) is 0.172. The maximum Gasteiger partial charge on any atom is 0.315 e. The number of hydrogen-bond acceptors (Lipinski definition) is 8. The molecule has 2 unspecified atom stereocenters. The van der Waals surface area contributed by atoms with Crippen LogP contribution in [0.25, 0.3) is 0 Å². The summed E-state index contributed by atoms with van der Waals surface area (Å²) in [5, 5.41) is 29.1. The van der Waals surface area contributed by atoms with Crippen molar-refractivity contribution in [2.75, 3.05) is 23.8 Å². The van der Waals surface area contributed by atoms with Crippen molar-refractivity contribution in [2.45, 2.75) is 45.1 Å². The second kappa shape index (κ2) is 11.1. The van der Waals surface area contributed by atoms with Gasteiger partial charge in [0.2, 0.25) is 5.75 Å². The third-order valence-corrected chi connectivity index (χ3v) is 7.04. The number of rotatable bonds is 8. The first-order chi connectivity index (χ1) is 18.9. The van der Waals surface area contributed by atoms with Gasteiger partial charge in [-0.2, -0.15) is 0 Å². The molecular formula is C30H31N3O6. The fourth-order valence-corrected chi connectivity index (χ4v) is 5.22. The van der Waals surface area contributed by atoms with E-state index in [1.54, 1.807) is 13.0 Å². The number of nitrogens with one attached hydrogen (secondary N) is 2. The first-order valence-electron chi connectivity index (χ1n) is 13.1. The zero-order valence-corrected chi connectivity index (χ0v) is 21.9. The van der Waals surface area contributed by atoms with E-state index in [2.05, 4.69) is 17.6 Å². The number of para-hydroxylation sites is 2. The van der Waals surface area contributed by atoms with Crippen molar-refractivity contribution < 1.29 is 24.3 Å². The number of carbonyl (C=O) groups is 1. The second-order valence-electron chi connectivity index (χ2n) is 9.66. The molecule has 9 nitrogen and oxygen atoms in total. The Morgan fingerprint density at radius 1 is 1.00 bits per heavy atom. The largest absolute Gasteiger partial charge is 0.500 e. The van der Waals surface area contributed by atoms with Crippen LogP contribution in [-0.2, 0) is 4.79 Å². The normalized spacial score (nSPS) is 18.3. The van der Waals surface area contributed by atoms with Crippen LogP contribution in [0.3, 0.4) is 0 Å². The molecule has 0 amide bonds. The molecule has 0 radical (unpaired) electrons. The SMILES string of the molecule is CCCOc1ccc(C2CC(=O)C3=C(C2)Nc2ccccc2NC3c2cc(OCC)c(O)c([N+](=O)[O-])c2)cc1. The monoisotopic (exact) mass is 529 g/mol. The number of phenols is 1. The molecule has 0 saturated carbocycles. The number of ether oxygens (including phenoxy) is 2. The topological polar surface area (TPSA) is 123 Å². The highest BCUT2D eigenvalue weighted by atomic mass is 16.6. The molecule has 1 aliphatic heterocycles. The summed E-state index contributed by atoms with van der Waals surface area (Å²) in [7, 11) is 0. The molecule has 0 saturated heterocycles. The number of aromatic hydroxyl groups is 1. The van der Waals surface area contributed by atoms with Crippen molar-refractivity contribution in [3.63, 3.8) is 0 Å². The minimum Gasteiger partial charge on any atom is -0.500 e. The number of anilines is 2. The predicted molar refractivity (Wildman–Crippen MR) is 149 cm³/mol. The Hall–Kier alpha value is -4.53. The maximum absolute atomic E-state index is 13.8. The molecule has 0 fully saturated rings. The molecule has 0 aromatic heterocycles. The van der Waals surface area contributed by atoms with Gasteiger partial charge in [0.15, 0.2) is 11.5 Å². The minimum absolute atomic E-state index is 0.00246. The Morgan fingerprint density at radius 3 is 2.44 bits per heavy atom. The number of hydrogen-bond donors (Lipinski definition) is 3. The van der Waals surface area contributed by atoms with E-state index < -0.39 is 22.4 Å². The number of nitrogens with zero attached hydrogens (tertiary/aromatic N) is 1. The molecule has 2 aliphatic rings. The van der Waals surface area contributed by atoms with Gasteiger partial charge in [-0.1, -0.05) is 31.2 Å². The molecule has 1 heterocycles. The number of allylic oxidation sites excluding steroid dienone is 1. The number of benzene rings is 3. The molecule has 0 bridgehead atoms. The fourth-order valence-electron chi connectivity index (χ4n) is 5.22. The predicted octanol–water partition coefficient (Wildman–Crippen LogP) is 6.47. The third-order valence-electron chi connectivity index (χ3n) is 7.04. The Balaban J connectivity index is 1.58. The molecule has 3 N–H and O–H groups in total. The molecule has 0 spiro atoms. The van der Waals surface area contributed by atoms with Crippen molar-refractivity contribution in [3.8, 4) is 17.2 Å². The van der Waals surface area contributed by atoms with Crippen LogP contribution in [0.5, 0.6) is 17.2 Å². The van der Waals surface area contributed by atoms with Crippen molar-refractivity contribution in [1.82, 2.24) is 0 Å². The lowest BCUT2D eigenvalue weighted by atomic mass is 9.78. The van der Waals surface area contributed by atoms with Gasteiger partial charge >= 0.3 is 5.69 Å². The summed E-state index contributed by atoms with van der Waals surface area (Å²) >= 11 is 0. The van der Waals surface area contributed by atoms with Gasteiger partial charge in [0.05, 0.1) is 35.6 Å². The van der Waals surface area contributed by atoms with E-state index >= 15 is 0 Å². The van der Waals surface area contributed by atoms with Crippen molar-refractivity contribution in [1.29, 1.82) is 0 Å². The van der Waals surface area contributed by atoms with Crippen molar-refractivity contribution in [2.24, 2.45) is 0 Å². The Morgan fingerprint density at radius 2 is 1.74 bits per heavy atom. The van der Waals surface area contributed by atoms with E-state index in [4.69, 9.17) is 9.47 Å². The number of Topliss-reactive ketones (excluding diaryl/α,β-unsaturated/α-hetero) is 1. The maximum atomic E-state index is 13.8. The van der Waals surface area contributed by atoms with Gasteiger partial charge in [-0.25, -0.2) is 0 Å². The molecule has 1 aliphatic carbocycles. The first-order valence-corrected chi connectivity index (χ1v) is 13.1. The van der Waals surface area contributed by atoms with E-state index in [-0.39, 0.29) is 24.1 Å². The highest BCUT2D eigenvalue weighted by molar-refractivity contribution is 6.01. The lowest BCUT2D eigenvalue weighted by Crippen LogP contribution is -2.27. The summed E-state index contributed by atoms with van der Waals surface area (Å²) in [5.41, 5.74) is 3.87. The van der Waals surface area contributed by atoms with Gasteiger partial charge in [-0.15, -0.1) is 0 Å². The summed E-state index contributed by atoms with van der Waals surface area (Å²) in [6, 6.07) is 17.7. The number of ketones is 1. The highest BCUT2D eigenvalue weighted by Gasteiger charge is 2.37. The third kappa shape index (κ3) is 5.25. The van der Waals surface area contributed by atoms with Crippen molar-refractivity contribution >= 4 is 22.8 Å². The molecule has 3 aromatic rings. The summed E-state index contributed by atoms with van der Waals surface area (Å²) in [6.07, 6.45) is 1.80. The van der Waals surface area contributed by atoms with Crippen LogP contribution < -0.4 is 20.1 Å². The van der Waals surface area contributed by atoms with E-state index in [9.17, 15) is 20.0 Å². The molecule has 9 heteroatoms. The Bertz CT molecular complexity index is 1430. The first kappa shape index (κ1) is 26.1. The molecule has 3 aromatic carbocycles. The van der Waals surface area contributed by atoms with Crippen LogP contribution in [0.2, 0.25) is 0 Å².